The van der Waals surface area contributed by atoms with Crippen LogP contribution in [0.5, 0.6) is 0 Å². The number of carboxylic acid groups (broad SMARTS) is 1. The molecule has 2 unspecified atom stereocenters. The van der Waals surface area contributed by atoms with Crippen molar-refractivity contribution in [3.05, 3.63) is 0 Å². The maximum absolute atomic E-state index is 11.7. The predicted molar refractivity (Wildman–Crippen MR) is 65.2 cm³/mol. The van der Waals surface area contributed by atoms with Gasteiger partial charge in [0.2, 0.25) is 5.91 Å². The maximum atomic E-state index is 11.7. The molecule has 1 aliphatic rings. The van der Waals surface area contributed by atoms with Crippen LogP contribution in [0.25, 0.3) is 0 Å². The molecule has 7 heteroatoms. The summed E-state index contributed by atoms with van der Waals surface area (Å²) < 4.78 is 4.98. The van der Waals surface area contributed by atoms with Crippen molar-refractivity contribution >= 4 is 23.6 Å². The van der Waals surface area contributed by atoms with Crippen molar-refractivity contribution in [1.82, 2.24) is 10.6 Å². The Hall–Kier alpha value is -0.790. The van der Waals surface area contributed by atoms with Crippen LogP contribution < -0.4 is 10.6 Å². The Morgan fingerprint density at radius 3 is 2.94 bits per heavy atom. The minimum Gasteiger partial charge on any atom is -0.481 e. The first kappa shape index (κ1) is 14.3. The minimum absolute atomic E-state index is 0.0929. The normalized spacial score (nSPS) is 21.8. The first-order valence-corrected chi connectivity index (χ1v) is 6.62. The number of hydrogen-bond acceptors (Lipinski definition) is 5. The van der Waals surface area contributed by atoms with Gasteiger partial charge in [0, 0.05) is 31.7 Å². The zero-order valence-corrected chi connectivity index (χ0v) is 10.6. The van der Waals surface area contributed by atoms with Crippen LogP contribution in [0.15, 0.2) is 0 Å². The van der Waals surface area contributed by atoms with Gasteiger partial charge >= 0.3 is 5.97 Å². The molecule has 6 nitrogen and oxygen atoms in total. The second kappa shape index (κ2) is 7.52. The van der Waals surface area contributed by atoms with Crippen molar-refractivity contribution in [2.45, 2.75) is 18.6 Å². The Bertz CT molecular complexity index is 269. The molecule has 1 saturated heterocycles. The van der Waals surface area contributed by atoms with Crippen LogP contribution in [0.1, 0.15) is 6.42 Å². The van der Waals surface area contributed by atoms with Gasteiger partial charge < -0.3 is 20.5 Å². The van der Waals surface area contributed by atoms with E-state index in [0.29, 0.717) is 0 Å². The molecule has 0 aromatic rings. The molecular weight excluding hydrogens is 244 g/mol. The number of aliphatic carboxylic acids is 1. The molecule has 17 heavy (non-hydrogen) atoms. The molecule has 0 radical (unpaired) electrons. The minimum atomic E-state index is -0.933. The number of methoxy groups -OCH3 is 1. The van der Waals surface area contributed by atoms with Crippen molar-refractivity contribution in [2.24, 2.45) is 0 Å². The van der Waals surface area contributed by atoms with Gasteiger partial charge in [-0.3, -0.25) is 9.59 Å². The quantitative estimate of drug-likeness (QED) is 0.586. The number of ether oxygens (including phenoxy) is 1. The molecule has 0 aromatic heterocycles. The summed E-state index contributed by atoms with van der Waals surface area (Å²) in [5, 5.41) is 14.4. The molecule has 0 spiro atoms. The van der Waals surface area contributed by atoms with Crippen molar-refractivity contribution in [2.75, 3.05) is 31.7 Å². The average Bonchev–Trinajstić information content (AvgIpc) is 2.34. The van der Waals surface area contributed by atoms with Gasteiger partial charge in [0.1, 0.15) is 0 Å². The number of hydrogen-bond donors (Lipinski definition) is 3. The summed E-state index contributed by atoms with van der Waals surface area (Å²) >= 11 is 1.73. The number of nitrogens with one attached hydrogen (secondary N) is 2. The molecule has 1 rings (SSSR count). The third kappa shape index (κ3) is 5.38. The van der Waals surface area contributed by atoms with E-state index in [-0.39, 0.29) is 24.9 Å². The highest BCUT2D eigenvalue weighted by Crippen LogP contribution is 2.07. The maximum Gasteiger partial charge on any atom is 0.306 e. The van der Waals surface area contributed by atoms with E-state index >= 15 is 0 Å². The fourth-order valence-electron chi connectivity index (χ4n) is 1.51. The summed E-state index contributed by atoms with van der Waals surface area (Å²) in [6.07, 6.45) is -0.587. The lowest BCUT2D eigenvalue weighted by atomic mass is 10.2. The third-order valence-corrected chi connectivity index (χ3v) is 3.54. The largest absolute Gasteiger partial charge is 0.481 e. The van der Waals surface area contributed by atoms with E-state index in [1.807, 2.05) is 0 Å². The molecule has 1 fully saturated rings. The molecule has 1 heterocycles. The Morgan fingerprint density at radius 1 is 1.65 bits per heavy atom. The average molecular weight is 262 g/mol. The van der Waals surface area contributed by atoms with E-state index in [0.717, 1.165) is 18.1 Å². The molecule has 1 aliphatic heterocycles. The van der Waals surface area contributed by atoms with Crippen LogP contribution in [0, 0.1) is 0 Å². The Morgan fingerprint density at radius 2 is 2.41 bits per heavy atom. The summed E-state index contributed by atoms with van der Waals surface area (Å²) in [5.41, 5.74) is 0. The van der Waals surface area contributed by atoms with Crippen LogP contribution in [0.3, 0.4) is 0 Å². The highest BCUT2D eigenvalue weighted by Gasteiger charge is 2.22. The topological polar surface area (TPSA) is 87.7 Å². The van der Waals surface area contributed by atoms with Crippen molar-refractivity contribution in [1.29, 1.82) is 0 Å². The lowest BCUT2D eigenvalue weighted by molar-refractivity contribution is -0.140. The Labute approximate surface area is 104 Å². The first-order chi connectivity index (χ1) is 8.13. The Balaban J connectivity index is 2.27. The summed E-state index contributed by atoms with van der Waals surface area (Å²) in [5.74, 6) is 0.744. The molecular formula is C10H18N2O4S. The van der Waals surface area contributed by atoms with Crippen LogP contribution in [0.2, 0.25) is 0 Å². The van der Waals surface area contributed by atoms with Gasteiger partial charge in [0.05, 0.1) is 18.6 Å². The first-order valence-electron chi connectivity index (χ1n) is 5.47. The summed E-state index contributed by atoms with van der Waals surface area (Å²) in [6.45, 7) is 1.05. The monoisotopic (exact) mass is 262 g/mol. The highest BCUT2D eigenvalue weighted by molar-refractivity contribution is 7.99. The second-order valence-electron chi connectivity index (χ2n) is 3.78. The Kier molecular flexibility index (Phi) is 6.31. The van der Waals surface area contributed by atoms with Gasteiger partial charge in [0.15, 0.2) is 0 Å². The van der Waals surface area contributed by atoms with E-state index in [2.05, 4.69) is 10.6 Å². The summed E-state index contributed by atoms with van der Waals surface area (Å²) in [4.78, 5) is 22.2. The van der Waals surface area contributed by atoms with Gasteiger partial charge in [-0.15, -0.1) is 0 Å². The lowest BCUT2D eigenvalue weighted by Gasteiger charge is -2.23. The molecule has 0 aromatic carbocycles. The molecule has 2 atom stereocenters. The number of carbonyl (C=O) groups excluding carboxylic acids is 1. The predicted octanol–water partition coefficient (Wildman–Crippen LogP) is -0.703. The standard InChI is InChI=1S/C10H18N2O4S/c1-16-7(4-9(13)14)5-12-10(15)8-6-17-3-2-11-8/h7-8,11H,2-6H2,1H3,(H,12,15)(H,13,14). The zero-order chi connectivity index (χ0) is 12.7. The third-order valence-electron chi connectivity index (χ3n) is 2.48. The molecule has 98 valence electrons. The van der Waals surface area contributed by atoms with Crippen LogP contribution >= 0.6 is 11.8 Å². The van der Waals surface area contributed by atoms with Crippen LogP contribution in [0.4, 0.5) is 0 Å². The van der Waals surface area contributed by atoms with Crippen molar-refractivity contribution < 1.29 is 19.4 Å². The lowest BCUT2D eigenvalue weighted by Crippen LogP contribution is -2.50. The summed E-state index contributed by atoms with van der Waals surface area (Å²) in [6, 6.07) is -0.184. The van der Waals surface area contributed by atoms with Crippen LogP contribution in [-0.4, -0.2) is 60.8 Å². The molecule has 0 aliphatic carbocycles. The highest BCUT2D eigenvalue weighted by atomic mass is 32.2. The number of carbonyl (C=O) groups is 2. The fourth-order valence-corrected chi connectivity index (χ4v) is 2.44. The number of amides is 1. The van der Waals surface area contributed by atoms with Gasteiger partial charge in [-0.2, -0.15) is 11.8 Å². The molecule has 0 bridgehead atoms. The number of thioether (sulfide) groups is 1. The van der Waals surface area contributed by atoms with E-state index < -0.39 is 12.1 Å². The van der Waals surface area contributed by atoms with E-state index in [1.54, 1.807) is 11.8 Å². The molecule has 0 saturated carbocycles. The number of carboxylic acids is 1. The molecule has 3 N–H and O–H groups in total. The second-order valence-corrected chi connectivity index (χ2v) is 4.93. The van der Waals surface area contributed by atoms with Gasteiger partial charge in [-0.05, 0) is 0 Å². The SMILES string of the molecule is COC(CNC(=O)C1CSCCN1)CC(=O)O. The van der Waals surface area contributed by atoms with Crippen LogP contribution in [-0.2, 0) is 14.3 Å². The summed E-state index contributed by atoms with van der Waals surface area (Å²) in [7, 11) is 1.44. The van der Waals surface area contributed by atoms with E-state index in [1.165, 1.54) is 7.11 Å². The van der Waals surface area contributed by atoms with Gasteiger partial charge in [-0.25, -0.2) is 0 Å². The smallest absolute Gasteiger partial charge is 0.306 e. The fraction of sp³-hybridized carbons (Fsp3) is 0.800. The zero-order valence-electron chi connectivity index (χ0n) is 9.77. The van der Waals surface area contributed by atoms with Gasteiger partial charge in [0.25, 0.3) is 0 Å². The van der Waals surface area contributed by atoms with Crippen molar-refractivity contribution in [3.63, 3.8) is 0 Å². The molecule has 1 amide bonds. The number of rotatable bonds is 6. The van der Waals surface area contributed by atoms with Gasteiger partial charge in [-0.1, -0.05) is 0 Å². The van der Waals surface area contributed by atoms with Crippen molar-refractivity contribution in [3.8, 4) is 0 Å². The van der Waals surface area contributed by atoms with E-state index in [9.17, 15) is 9.59 Å². The van der Waals surface area contributed by atoms with E-state index in [4.69, 9.17) is 9.84 Å².